The molecule has 0 bridgehead atoms. The summed E-state index contributed by atoms with van der Waals surface area (Å²) >= 11 is 0. The Hall–Kier alpha value is -3.40. The maximum absolute atomic E-state index is 13.0. The van der Waals surface area contributed by atoms with E-state index in [9.17, 15) is 28.8 Å². The number of nitrogens with zero attached hydrogens (tertiary/aromatic N) is 5. The summed E-state index contributed by atoms with van der Waals surface area (Å²) in [6.07, 6.45) is 2.40. The molecule has 0 unspecified atom stereocenters. The van der Waals surface area contributed by atoms with Gasteiger partial charge in [0.05, 0.1) is 26.2 Å². The van der Waals surface area contributed by atoms with Crippen molar-refractivity contribution in [2.75, 3.05) is 91.6 Å². The van der Waals surface area contributed by atoms with Gasteiger partial charge >= 0.3 is 17.9 Å². The van der Waals surface area contributed by atoms with Gasteiger partial charge in [0.2, 0.25) is 5.91 Å². The minimum absolute atomic E-state index is 0.0193. The minimum atomic E-state index is -0.658. The van der Waals surface area contributed by atoms with Gasteiger partial charge in [-0.2, -0.15) is 0 Å². The van der Waals surface area contributed by atoms with E-state index >= 15 is 0 Å². The van der Waals surface area contributed by atoms with Crippen LogP contribution in [-0.4, -0.2) is 169 Å². The molecule has 0 aromatic carbocycles. The van der Waals surface area contributed by atoms with Gasteiger partial charge in [0.25, 0.3) is 11.8 Å². The van der Waals surface area contributed by atoms with Gasteiger partial charge in [-0.05, 0) is 62.3 Å². The molecule has 278 valence electrons. The van der Waals surface area contributed by atoms with Crippen LogP contribution >= 0.6 is 0 Å². The molecule has 0 saturated carbocycles. The van der Waals surface area contributed by atoms with Crippen LogP contribution in [0.15, 0.2) is 12.2 Å². The van der Waals surface area contributed by atoms with Crippen LogP contribution < -0.4 is 5.32 Å². The Labute approximate surface area is 291 Å². The first-order valence-corrected chi connectivity index (χ1v) is 16.9. The fraction of sp³-hybridized carbons (Fsp3) is 0.765. The molecule has 0 aromatic rings. The van der Waals surface area contributed by atoms with Crippen LogP contribution in [0.1, 0.15) is 62.3 Å². The van der Waals surface area contributed by atoms with Gasteiger partial charge in [-0.25, -0.2) is 0 Å². The van der Waals surface area contributed by atoms with Crippen molar-refractivity contribution in [2.24, 2.45) is 0 Å². The Morgan fingerprint density at radius 2 is 0.837 bits per heavy atom. The topological polar surface area (TPSA) is 158 Å². The first-order valence-electron chi connectivity index (χ1n) is 16.9. The van der Waals surface area contributed by atoms with Crippen molar-refractivity contribution in [2.45, 2.75) is 79.1 Å². The lowest BCUT2D eigenvalue weighted by atomic mass is 10.2. The predicted molar refractivity (Wildman–Crippen MR) is 182 cm³/mol. The van der Waals surface area contributed by atoms with E-state index in [1.165, 1.54) is 12.2 Å². The molecule has 15 heteroatoms. The molecule has 0 atom stereocenters. The molecule has 0 aromatic heterocycles. The van der Waals surface area contributed by atoms with E-state index < -0.39 is 28.6 Å². The van der Waals surface area contributed by atoms with Crippen molar-refractivity contribution >= 4 is 35.6 Å². The van der Waals surface area contributed by atoms with E-state index in [0.717, 1.165) is 4.90 Å². The Bertz CT molecular complexity index is 1140. The molecule has 2 rings (SSSR count). The van der Waals surface area contributed by atoms with Crippen LogP contribution in [-0.2, 0) is 43.0 Å². The van der Waals surface area contributed by atoms with Gasteiger partial charge in [-0.15, -0.1) is 0 Å². The molecule has 2 aliphatic heterocycles. The summed E-state index contributed by atoms with van der Waals surface area (Å²) in [7, 11) is 0. The molecule has 0 radical (unpaired) electrons. The van der Waals surface area contributed by atoms with Crippen LogP contribution in [0.25, 0.3) is 0 Å². The number of hydrogen-bond acceptors (Lipinski definition) is 13. The number of carbonyl (C=O) groups is 6. The van der Waals surface area contributed by atoms with Crippen molar-refractivity contribution < 1.29 is 43.0 Å². The second kappa shape index (κ2) is 18.6. The number of rotatable bonds is 11. The fourth-order valence-electron chi connectivity index (χ4n) is 5.10. The molecular weight excluding hydrogens is 636 g/mol. The van der Waals surface area contributed by atoms with Crippen molar-refractivity contribution in [1.82, 2.24) is 29.8 Å². The van der Waals surface area contributed by atoms with E-state index in [1.54, 1.807) is 41.5 Å². The third-order valence-corrected chi connectivity index (χ3v) is 7.17. The van der Waals surface area contributed by atoms with E-state index in [2.05, 4.69) is 5.32 Å². The molecule has 49 heavy (non-hydrogen) atoms. The normalized spacial score (nSPS) is 18.5. The zero-order valence-electron chi connectivity index (χ0n) is 31.0. The molecule has 0 spiro atoms. The maximum atomic E-state index is 13.0. The summed E-state index contributed by atoms with van der Waals surface area (Å²) in [6.45, 7) is 19.9. The smallest absolute Gasteiger partial charge is 0.320 e. The second-order valence-electron chi connectivity index (χ2n) is 15.4. The number of ether oxygens (including phenoxy) is 3. The standard InChI is InChI=1S/C34H58N6O9/c1-32(2,3)47-29(44)23-37-16-14-36(22-26(41)35-12-13-40-27(42)10-11-28(40)43)15-17-38(24-30(45)48-33(4,5)6)19-21-39(20-18-37)25-31(46)49-34(7,8)9/h10-11H,12-25H2,1-9H3,(H,35,41). The number of imide groups is 1. The van der Waals surface area contributed by atoms with Gasteiger partial charge in [-0.1, -0.05) is 0 Å². The van der Waals surface area contributed by atoms with Gasteiger partial charge < -0.3 is 19.5 Å². The van der Waals surface area contributed by atoms with Crippen molar-refractivity contribution in [3.63, 3.8) is 0 Å². The van der Waals surface area contributed by atoms with Crippen LogP contribution in [0.4, 0.5) is 0 Å². The highest BCUT2D eigenvalue weighted by Gasteiger charge is 2.27. The van der Waals surface area contributed by atoms with Gasteiger partial charge in [-0.3, -0.25) is 53.3 Å². The van der Waals surface area contributed by atoms with Crippen molar-refractivity contribution in [3.8, 4) is 0 Å². The van der Waals surface area contributed by atoms with E-state index in [1.807, 2.05) is 40.4 Å². The van der Waals surface area contributed by atoms with Gasteiger partial charge in [0, 0.05) is 77.6 Å². The molecule has 2 aliphatic rings. The summed E-state index contributed by atoms with van der Waals surface area (Å²) in [5.41, 5.74) is -1.96. The molecular formula is C34H58N6O9. The summed E-state index contributed by atoms with van der Waals surface area (Å²) < 4.78 is 16.8. The molecule has 1 N–H and O–H groups in total. The Balaban J connectivity index is 2.22. The second-order valence-corrected chi connectivity index (χ2v) is 15.4. The van der Waals surface area contributed by atoms with Gasteiger partial charge in [0.15, 0.2) is 0 Å². The maximum Gasteiger partial charge on any atom is 0.320 e. The Morgan fingerprint density at radius 1 is 0.551 bits per heavy atom. The first-order chi connectivity index (χ1) is 22.6. The number of nitrogens with one attached hydrogen (secondary N) is 1. The number of carbonyl (C=O) groups excluding carboxylic acids is 6. The summed E-state index contributed by atoms with van der Waals surface area (Å²) in [5, 5.41) is 2.78. The third-order valence-electron chi connectivity index (χ3n) is 7.17. The molecule has 0 aliphatic carbocycles. The minimum Gasteiger partial charge on any atom is -0.459 e. The van der Waals surface area contributed by atoms with E-state index in [-0.39, 0.29) is 63.1 Å². The van der Waals surface area contributed by atoms with Gasteiger partial charge in [0.1, 0.15) is 16.8 Å². The average molecular weight is 695 g/mol. The number of esters is 3. The lowest BCUT2D eigenvalue weighted by molar-refractivity contribution is -0.158. The lowest BCUT2D eigenvalue weighted by Crippen LogP contribution is -2.50. The quantitative estimate of drug-likeness (QED) is 0.179. The number of hydrogen-bond donors (Lipinski definition) is 1. The van der Waals surface area contributed by atoms with Crippen LogP contribution in [0.3, 0.4) is 0 Å². The largest absolute Gasteiger partial charge is 0.459 e. The lowest BCUT2D eigenvalue weighted by Gasteiger charge is -2.34. The zero-order chi connectivity index (χ0) is 37.0. The van der Waals surface area contributed by atoms with Crippen LogP contribution in [0.5, 0.6) is 0 Å². The highest BCUT2D eigenvalue weighted by Crippen LogP contribution is 2.11. The zero-order valence-corrected chi connectivity index (χ0v) is 31.0. The Kier molecular flexibility index (Phi) is 15.8. The molecule has 3 amide bonds. The number of amides is 3. The Morgan fingerprint density at radius 3 is 1.12 bits per heavy atom. The molecule has 2 heterocycles. The highest BCUT2D eigenvalue weighted by atomic mass is 16.6. The van der Waals surface area contributed by atoms with Crippen LogP contribution in [0, 0.1) is 0 Å². The molecule has 1 saturated heterocycles. The summed E-state index contributed by atoms with van der Waals surface area (Å²) in [4.78, 5) is 84.1. The fourth-order valence-corrected chi connectivity index (χ4v) is 5.10. The summed E-state index contributed by atoms with van der Waals surface area (Å²) in [5.74, 6) is -2.26. The van der Waals surface area contributed by atoms with Crippen LogP contribution in [0.2, 0.25) is 0 Å². The van der Waals surface area contributed by atoms with E-state index in [0.29, 0.717) is 52.4 Å². The summed E-state index contributed by atoms with van der Waals surface area (Å²) in [6, 6.07) is 0. The molecule has 15 nitrogen and oxygen atoms in total. The van der Waals surface area contributed by atoms with Crippen molar-refractivity contribution in [1.29, 1.82) is 0 Å². The third kappa shape index (κ3) is 18.2. The monoisotopic (exact) mass is 694 g/mol. The van der Waals surface area contributed by atoms with E-state index in [4.69, 9.17) is 14.2 Å². The van der Waals surface area contributed by atoms with Crippen molar-refractivity contribution in [3.05, 3.63) is 12.2 Å². The highest BCUT2D eigenvalue weighted by molar-refractivity contribution is 6.12. The predicted octanol–water partition coefficient (Wildman–Crippen LogP) is 0.274. The SMILES string of the molecule is CC(C)(C)OC(=O)CN1CCN(CC(=O)NCCN2C(=O)C=CC2=O)CCN(CC(=O)OC(C)(C)C)CCN(CC(=O)OC(C)(C)C)CC1. The first kappa shape index (κ1) is 41.8. The average Bonchev–Trinajstić information content (AvgIpc) is 3.23. The molecule has 1 fully saturated rings.